The van der Waals surface area contributed by atoms with Crippen molar-refractivity contribution in [2.45, 2.75) is 57.6 Å². The monoisotopic (exact) mass is 568 g/mol. The molecule has 1 aliphatic carbocycles. The first-order valence-corrected chi connectivity index (χ1v) is 13.9. The molecule has 1 aromatic heterocycles. The third-order valence-electron chi connectivity index (χ3n) is 6.86. The summed E-state index contributed by atoms with van der Waals surface area (Å²) in [5.41, 5.74) is 6.10. The number of nitrogens with zero attached hydrogens (tertiary/aromatic N) is 4. The van der Waals surface area contributed by atoms with Crippen LogP contribution in [-0.2, 0) is 19.2 Å². The lowest BCUT2D eigenvalue weighted by molar-refractivity contribution is -0.157. The number of benzene rings is 1. The highest BCUT2D eigenvalue weighted by atomic mass is 16.8. The summed E-state index contributed by atoms with van der Waals surface area (Å²) in [6.45, 7) is 2.86. The minimum absolute atomic E-state index is 0.0146. The van der Waals surface area contributed by atoms with Gasteiger partial charge in [-0.15, -0.1) is 5.06 Å². The number of carbonyl (C=O) groups is 4. The van der Waals surface area contributed by atoms with Gasteiger partial charge in [-0.25, -0.2) is 9.78 Å². The highest BCUT2D eigenvalue weighted by Crippen LogP contribution is 2.25. The molecule has 0 radical (unpaired) electrons. The maximum absolute atomic E-state index is 13.5. The van der Waals surface area contributed by atoms with Crippen molar-refractivity contribution in [3.63, 3.8) is 0 Å². The minimum atomic E-state index is -1.03. The van der Waals surface area contributed by atoms with Gasteiger partial charge in [0.05, 0.1) is 19.7 Å². The third kappa shape index (κ3) is 8.61. The minimum Gasteiger partial charge on any atom is -0.474 e. The summed E-state index contributed by atoms with van der Waals surface area (Å²) in [6, 6.07) is 9.68. The largest absolute Gasteiger partial charge is 0.527 e. The van der Waals surface area contributed by atoms with Gasteiger partial charge in [0.15, 0.2) is 5.82 Å². The van der Waals surface area contributed by atoms with E-state index in [1.54, 1.807) is 11.8 Å². The fraction of sp³-hybridized carbons (Fsp3) is 0.500. The fourth-order valence-corrected chi connectivity index (χ4v) is 4.74. The Kier molecular flexibility index (Phi) is 10.4. The van der Waals surface area contributed by atoms with Crippen LogP contribution in [0.4, 0.5) is 4.79 Å². The number of hydrogen-bond acceptors (Lipinski definition) is 10. The van der Waals surface area contributed by atoms with Crippen LogP contribution in [-0.4, -0.2) is 88.7 Å². The number of aromatic nitrogens is 2. The average molecular weight is 569 g/mol. The Morgan fingerprint density at radius 1 is 1.05 bits per heavy atom. The zero-order chi connectivity index (χ0) is 29.2. The second kappa shape index (κ2) is 14.4. The molecule has 2 aliphatic rings. The summed E-state index contributed by atoms with van der Waals surface area (Å²) >= 11 is 0. The van der Waals surface area contributed by atoms with Crippen molar-refractivity contribution < 1.29 is 33.5 Å². The molecule has 13 heteroatoms. The van der Waals surface area contributed by atoms with Gasteiger partial charge in [-0.05, 0) is 39.0 Å². The van der Waals surface area contributed by atoms with E-state index in [0.29, 0.717) is 11.4 Å². The van der Waals surface area contributed by atoms with E-state index in [2.05, 4.69) is 15.3 Å². The molecule has 3 amide bonds. The third-order valence-corrected chi connectivity index (χ3v) is 6.86. The smallest absolute Gasteiger partial charge is 0.474 e. The van der Waals surface area contributed by atoms with Gasteiger partial charge in [0.1, 0.15) is 17.8 Å². The van der Waals surface area contributed by atoms with E-state index in [9.17, 15) is 19.2 Å². The molecule has 1 aliphatic heterocycles. The van der Waals surface area contributed by atoms with E-state index in [4.69, 9.17) is 20.0 Å². The molecule has 41 heavy (non-hydrogen) atoms. The van der Waals surface area contributed by atoms with Crippen LogP contribution in [0.2, 0.25) is 0 Å². The summed E-state index contributed by atoms with van der Waals surface area (Å²) in [4.78, 5) is 65.7. The van der Waals surface area contributed by atoms with Crippen molar-refractivity contribution in [2.75, 3.05) is 32.8 Å². The maximum Gasteiger partial charge on any atom is 0.527 e. The van der Waals surface area contributed by atoms with Gasteiger partial charge >= 0.3 is 6.16 Å². The van der Waals surface area contributed by atoms with Crippen LogP contribution in [0.5, 0.6) is 5.88 Å². The lowest BCUT2D eigenvalue weighted by Crippen LogP contribution is -2.55. The van der Waals surface area contributed by atoms with Gasteiger partial charge in [-0.1, -0.05) is 30.3 Å². The van der Waals surface area contributed by atoms with Gasteiger partial charge in [-0.3, -0.25) is 14.4 Å². The lowest BCUT2D eigenvalue weighted by atomic mass is 10.1. The molecule has 13 nitrogen and oxygen atoms in total. The van der Waals surface area contributed by atoms with Crippen molar-refractivity contribution in [2.24, 2.45) is 5.73 Å². The van der Waals surface area contributed by atoms with E-state index in [1.165, 1.54) is 11.1 Å². The molecular formula is C28H36N6O7. The Morgan fingerprint density at radius 3 is 2.41 bits per heavy atom. The zero-order valence-corrected chi connectivity index (χ0v) is 23.1. The van der Waals surface area contributed by atoms with Crippen LogP contribution >= 0.6 is 0 Å². The molecule has 1 saturated heterocycles. The van der Waals surface area contributed by atoms with Crippen molar-refractivity contribution in [1.29, 1.82) is 0 Å². The molecule has 2 aromatic rings. The summed E-state index contributed by atoms with van der Waals surface area (Å²) in [7, 11) is 0. The average Bonchev–Trinajstić information content (AvgIpc) is 3.48. The Bertz CT molecular complexity index is 1210. The first-order valence-electron chi connectivity index (χ1n) is 13.9. The predicted molar refractivity (Wildman–Crippen MR) is 146 cm³/mol. The van der Waals surface area contributed by atoms with Crippen molar-refractivity contribution in [3.05, 3.63) is 42.1 Å². The number of piperazine rings is 1. The van der Waals surface area contributed by atoms with Crippen molar-refractivity contribution >= 4 is 23.9 Å². The molecule has 1 aromatic carbocycles. The number of nitrogens with two attached hydrogens (primary N) is 1. The molecule has 4 rings (SSSR count). The van der Waals surface area contributed by atoms with Crippen LogP contribution in [0.3, 0.4) is 0 Å². The van der Waals surface area contributed by atoms with E-state index in [1.807, 2.05) is 30.3 Å². The van der Waals surface area contributed by atoms with Gasteiger partial charge in [0.2, 0.25) is 17.7 Å². The molecule has 0 bridgehead atoms. The van der Waals surface area contributed by atoms with Gasteiger partial charge < -0.3 is 30.3 Å². The number of hydrogen-bond donors (Lipinski definition) is 2. The highest BCUT2D eigenvalue weighted by molar-refractivity contribution is 5.96. The quantitative estimate of drug-likeness (QED) is 0.383. The number of rotatable bonds is 11. The molecule has 1 saturated carbocycles. The Morgan fingerprint density at radius 2 is 1.76 bits per heavy atom. The lowest BCUT2D eigenvalue weighted by Gasteiger charge is -2.35. The molecule has 1 atom stereocenters. The van der Waals surface area contributed by atoms with E-state index < -0.39 is 24.0 Å². The Labute approximate surface area is 238 Å². The van der Waals surface area contributed by atoms with Crippen LogP contribution in [0, 0.1) is 0 Å². The SMILES string of the molecule is CCOC(=O)ON1CCN(C(=O)[C@H](CCC(N)=O)NC(=O)c2cc(OC3CCCC3)nc(-c3ccccc3)n2)CC1. The standard InChI is InChI=1S/C28H36N6O7/c1-2-39-28(38)41-34-16-14-33(15-17-34)27(37)21(12-13-23(29)35)31-26(36)22-18-24(40-20-10-6-7-11-20)32-25(30-22)19-8-4-3-5-9-19/h3-5,8-9,18,20-21H,2,6-7,10-17H2,1H3,(H2,29,35)(H,31,36)/t21-/m0/s1. The molecule has 220 valence electrons. The molecular weight excluding hydrogens is 532 g/mol. The maximum atomic E-state index is 13.5. The number of hydroxylamine groups is 2. The first-order chi connectivity index (χ1) is 19.8. The molecule has 0 unspecified atom stereocenters. The van der Waals surface area contributed by atoms with Crippen LogP contribution in [0.15, 0.2) is 36.4 Å². The van der Waals surface area contributed by atoms with Crippen LogP contribution in [0.25, 0.3) is 11.4 Å². The van der Waals surface area contributed by atoms with Gasteiger partial charge in [0, 0.05) is 31.1 Å². The van der Waals surface area contributed by atoms with Crippen molar-refractivity contribution in [1.82, 2.24) is 25.2 Å². The molecule has 2 fully saturated rings. The summed E-state index contributed by atoms with van der Waals surface area (Å²) in [6.07, 6.45) is 3.08. The topological polar surface area (TPSA) is 166 Å². The number of ether oxygens (including phenoxy) is 2. The van der Waals surface area contributed by atoms with Gasteiger partial charge in [0.25, 0.3) is 5.91 Å². The molecule has 2 heterocycles. The van der Waals surface area contributed by atoms with Crippen LogP contribution in [0.1, 0.15) is 55.9 Å². The molecule has 0 spiro atoms. The Hall–Kier alpha value is -4.26. The number of carbonyl (C=O) groups excluding carboxylic acids is 4. The fourth-order valence-electron chi connectivity index (χ4n) is 4.74. The number of primary amides is 1. The predicted octanol–water partition coefficient (Wildman–Crippen LogP) is 2.06. The normalized spacial score (nSPS) is 16.6. The van der Waals surface area contributed by atoms with Crippen LogP contribution < -0.4 is 15.8 Å². The number of amides is 3. The summed E-state index contributed by atoms with van der Waals surface area (Å²) in [5, 5.41) is 4.16. The second-order valence-corrected chi connectivity index (χ2v) is 9.87. The van der Waals surface area contributed by atoms with E-state index in [-0.39, 0.29) is 69.2 Å². The first kappa shape index (κ1) is 29.7. The zero-order valence-electron chi connectivity index (χ0n) is 23.1. The molecule has 3 N–H and O–H groups in total. The summed E-state index contributed by atoms with van der Waals surface area (Å²) < 4.78 is 10.9. The van der Waals surface area contributed by atoms with Gasteiger partial charge in [-0.2, -0.15) is 4.98 Å². The van der Waals surface area contributed by atoms with E-state index >= 15 is 0 Å². The summed E-state index contributed by atoms with van der Waals surface area (Å²) in [5.74, 6) is -0.967. The second-order valence-electron chi connectivity index (χ2n) is 9.87. The Balaban J connectivity index is 1.49. The number of nitrogens with one attached hydrogen (secondary N) is 1. The van der Waals surface area contributed by atoms with Crippen molar-refractivity contribution in [3.8, 4) is 17.3 Å². The van der Waals surface area contributed by atoms with E-state index in [0.717, 1.165) is 25.7 Å². The highest BCUT2D eigenvalue weighted by Gasteiger charge is 2.31.